The Morgan fingerprint density at radius 1 is 1.19 bits per heavy atom. The summed E-state index contributed by atoms with van der Waals surface area (Å²) in [6.07, 6.45) is 4.52. The van der Waals surface area contributed by atoms with Gasteiger partial charge in [0.25, 0.3) is 0 Å². The molecule has 3 nitrogen and oxygen atoms in total. The highest BCUT2D eigenvalue weighted by atomic mass is 19.1. The van der Waals surface area contributed by atoms with E-state index in [0.29, 0.717) is 12.6 Å². The maximum Gasteiger partial charge on any atom is 0.138 e. The molecule has 1 aromatic heterocycles. The van der Waals surface area contributed by atoms with Crippen molar-refractivity contribution in [1.29, 1.82) is 0 Å². The Balaban J connectivity index is 1.66. The summed E-state index contributed by atoms with van der Waals surface area (Å²) in [5.74, 6) is 6.44. The average Bonchev–Trinajstić information content (AvgIpc) is 2.46. The number of hydrogen-bond donors (Lipinski definition) is 1. The molecule has 1 N–H and O–H groups in total. The average molecular weight is 282 g/mol. The topological polar surface area (TPSA) is 34.1 Å². The second-order valence-corrected chi connectivity index (χ2v) is 4.92. The molecular formula is C17H15FN2O. The summed E-state index contributed by atoms with van der Waals surface area (Å²) in [7, 11) is 0. The molecule has 3 rings (SSSR count). The van der Waals surface area contributed by atoms with E-state index >= 15 is 0 Å². The lowest BCUT2D eigenvalue weighted by Crippen LogP contribution is -2.46. The first kappa shape index (κ1) is 13.6. The van der Waals surface area contributed by atoms with Crippen molar-refractivity contribution in [3.63, 3.8) is 0 Å². The van der Waals surface area contributed by atoms with E-state index in [1.54, 1.807) is 24.5 Å². The minimum Gasteiger partial charge on any atom is -0.490 e. The number of ether oxygens (including phenoxy) is 1. The smallest absolute Gasteiger partial charge is 0.138 e. The van der Waals surface area contributed by atoms with Gasteiger partial charge in [0.05, 0.1) is 6.20 Å². The van der Waals surface area contributed by atoms with Gasteiger partial charge in [-0.3, -0.25) is 4.98 Å². The maximum atomic E-state index is 12.8. The number of benzene rings is 1. The first-order valence-corrected chi connectivity index (χ1v) is 6.88. The summed E-state index contributed by atoms with van der Waals surface area (Å²) < 4.78 is 18.5. The third-order valence-corrected chi connectivity index (χ3v) is 3.29. The fourth-order valence-corrected chi connectivity index (χ4v) is 1.93. The van der Waals surface area contributed by atoms with Crippen LogP contribution in [0, 0.1) is 17.7 Å². The molecule has 1 saturated heterocycles. The maximum absolute atomic E-state index is 12.8. The highest BCUT2D eigenvalue weighted by Gasteiger charge is 2.16. The fraction of sp³-hybridized carbons (Fsp3) is 0.235. The summed E-state index contributed by atoms with van der Waals surface area (Å²) >= 11 is 0. The number of rotatable bonds is 3. The summed E-state index contributed by atoms with van der Waals surface area (Å²) in [5, 5.41) is 3.28. The van der Waals surface area contributed by atoms with Crippen molar-refractivity contribution in [3.05, 3.63) is 59.7 Å². The standard InChI is InChI=1S/C17H15FN2O/c18-15-5-3-13(4-6-15)1-2-14-9-17(11-19-10-14)21-12-16-7-8-20-16/h3-6,9-11,16,20H,7-8,12H2/t16-/m0/s1. The molecule has 0 spiro atoms. The molecule has 1 atom stereocenters. The van der Waals surface area contributed by atoms with E-state index in [4.69, 9.17) is 4.74 Å². The van der Waals surface area contributed by atoms with Gasteiger partial charge in [-0.15, -0.1) is 0 Å². The highest BCUT2D eigenvalue weighted by molar-refractivity contribution is 5.43. The molecule has 4 heteroatoms. The van der Waals surface area contributed by atoms with Crippen molar-refractivity contribution in [2.45, 2.75) is 12.5 Å². The van der Waals surface area contributed by atoms with Gasteiger partial charge in [0.2, 0.25) is 0 Å². The van der Waals surface area contributed by atoms with Crippen molar-refractivity contribution in [3.8, 4) is 17.6 Å². The number of pyridine rings is 1. The zero-order chi connectivity index (χ0) is 14.5. The summed E-state index contributed by atoms with van der Waals surface area (Å²) in [5.41, 5.74) is 1.54. The Labute approximate surface area is 123 Å². The molecule has 0 aliphatic carbocycles. The molecule has 1 aliphatic heterocycles. The Morgan fingerprint density at radius 2 is 1.95 bits per heavy atom. The van der Waals surface area contributed by atoms with E-state index in [0.717, 1.165) is 29.8 Å². The van der Waals surface area contributed by atoms with Crippen LogP contribution in [0.2, 0.25) is 0 Å². The van der Waals surface area contributed by atoms with Crippen LogP contribution in [0.4, 0.5) is 4.39 Å². The first-order valence-electron chi connectivity index (χ1n) is 6.88. The van der Waals surface area contributed by atoms with Crippen molar-refractivity contribution >= 4 is 0 Å². The van der Waals surface area contributed by atoms with Gasteiger partial charge in [0, 0.05) is 23.4 Å². The van der Waals surface area contributed by atoms with Gasteiger partial charge in [-0.2, -0.15) is 0 Å². The third-order valence-electron chi connectivity index (χ3n) is 3.29. The molecule has 2 aromatic rings. The molecule has 1 aliphatic rings. The second kappa shape index (κ2) is 6.38. The number of hydrogen-bond acceptors (Lipinski definition) is 3. The van der Waals surface area contributed by atoms with Crippen LogP contribution >= 0.6 is 0 Å². The van der Waals surface area contributed by atoms with E-state index in [2.05, 4.69) is 22.1 Å². The normalized spacial score (nSPS) is 16.5. The van der Waals surface area contributed by atoms with Crippen LogP contribution in [0.5, 0.6) is 5.75 Å². The van der Waals surface area contributed by atoms with Gasteiger partial charge in [-0.25, -0.2) is 4.39 Å². The molecule has 0 saturated carbocycles. The largest absolute Gasteiger partial charge is 0.490 e. The number of halogens is 1. The first-order chi connectivity index (χ1) is 10.3. The summed E-state index contributed by atoms with van der Waals surface area (Å²) in [6, 6.07) is 8.40. The molecule has 21 heavy (non-hydrogen) atoms. The monoisotopic (exact) mass is 282 g/mol. The lowest BCUT2D eigenvalue weighted by atomic mass is 10.1. The third kappa shape index (κ3) is 3.80. The van der Waals surface area contributed by atoms with Crippen LogP contribution in [-0.2, 0) is 0 Å². The molecule has 0 radical (unpaired) electrons. The van der Waals surface area contributed by atoms with E-state index in [1.807, 2.05) is 6.07 Å². The Kier molecular flexibility index (Phi) is 4.13. The zero-order valence-corrected chi connectivity index (χ0v) is 11.5. The molecule has 2 heterocycles. The van der Waals surface area contributed by atoms with Crippen LogP contribution < -0.4 is 10.1 Å². The van der Waals surface area contributed by atoms with Gasteiger partial charge in [0.1, 0.15) is 18.2 Å². The fourth-order valence-electron chi connectivity index (χ4n) is 1.93. The molecule has 0 unspecified atom stereocenters. The Morgan fingerprint density at radius 3 is 2.67 bits per heavy atom. The predicted molar refractivity (Wildman–Crippen MR) is 78.5 cm³/mol. The molecule has 106 valence electrons. The van der Waals surface area contributed by atoms with Gasteiger partial charge in [-0.05, 0) is 43.3 Å². The zero-order valence-electron chi connectivity index (χ0n) is 11.5. The van der Waals surface area contributed by atoms with Crippen molar-refractivity contribution in [2.75, 3.05) is 13.2 Å². The molecule has 1 aromatic carbocycles. The van der Waals surface area contributed by atoms with E-state index in [9.17, 15) is 4.39 Å². The van der Waals surface area contributed by atoms with Gasteiger partial charge in [-0.1, -0.05) is 11.8 Å². The van der Waals surface area contributed by atoms with Crippen LogP contribution in [0.25, 0.3) is 0 Å². The van der Waals surface area contributed by atoms with Crippen LogP contribution in [0.3, 0.4) is 0 Å². The van der Waals surface area contributed by atoms with Crippen LogP contribution in [0.1, 0.15) is 17.5 Å². The van der Waals surface area contributed by atoms with Crippen molar-refractivity contribution in [2.24, 2.45) is 0 Å². The number of aromatic nitrogens is 1. The minimum atomic E-state index is -0.262. The molecular weight excluding hydrogens is 267 g/mol. The molecule has 1 fully saturated rings. The van der Waals surface area contributed by atoms with E-state index in [-0.39, 0.29) is 5.82 Å². The van der Waals surface area contributed by atoms with Gasteiger partial charge in [0.15, 0.2) is 0 Å². The summed E-state index contributed by atoms with van der Waals surface area (Å²) in [6.45, 7) is 1.71. The van der Waals surface area contributed by atoms with Gasteiger partial charge >= 0.3 is 0 Å². The quantitative estimate of drug-likeness (QED) is 0.878. The van der Waals surface area contributed by atoms with Crippen molar-refractivity contribution < 1.29 is 9.13 Å². The highest BCUT2D eigenvalue weighted by Crippen LogP contribution is 2.12. The predicted octanol–water partition coefficient (Wildman–Crippen LogP) is 2.36. The van der Waals surface area contributed by atoms with Crippen molar-refractivity contribution in [1.82, 2.24) is 10.3 Å². The molecule has 0 amide bonds. The summed E-state index contributed by atoms with van der Waals surface area (Å²) in [4.78, 5) is 4.12. The number of nitrogens with one attached hydrogen (secondary N) is 1. The van der Waals surface area contributed by atoms with E-state index < -0.39 is 0 Å². The Bertz CT molecular complexity index is 669. The number of nitrogens with zero attached hydrogens (tertiary/aromatic N) is 1. The lowest BCUT2D eigenvalue weighted by Gasteiger charge is -2.27. The minimum absolute atomic E-state index is 0.262. The SMILES string of the molecule is Fc1ccc(C#Cc2cncc(OC[C@@H]3CCN3)c2)cc1. The van der Waals surface area contributed by atoms with Crippen LogP contribution in [-0.4, -0.2) is 24.2 Å². The lowest BCUT2D eigenvalue weighted by molar-refractivity contribution is 0.217. The van der Waals surface area contributed by atoms with Crippen LogP contribution in [0.15, 0.2) is 42.7 Å². The van der Waals surface area contributed by atoms with E-state index in [1.165, 1.54) is 12.1 Å². The second-order valence-electron chi connectivity index (χ2n) is 4.92. The van der Waals surface area contributed by atoms with Gasteiger partial charge < -0.3 is 10.1 Å². The Hall–Kier alpha value is -2.38. The molecule has 0 bridgehead atoms.